The van der Waals surface area contributed by atoms with Gasteiger partial charge in [-0.15, -0.1) is 0 Å². The van der Waals surface area contributed by atoms with Gasteiger partial charge in [-0.1, -0.05) is 45.8 Å². The molecular formula is C31H31Cl2N3O4S. The van der Waals surface area contributed by atoms with Crippen LogP contribution in [-0.2, 0) is 11.3 Å². The quantitative estimate of drug-likeness (QED) is 0.185. The van der Waals surface area contributed by atoms with Crippen molar-refractivity contribution in [3.05, 3.63) is 57.3 Å². The maximum absolute atomic E-state index is 12.0. The summed E-state index contributed by atoms with van der Waals surface area (Å²) in [6.45, 7) is 5.22. The number of carbonyl (C=O) groups is 1. The van der Waals surface area contributed by atoms with Crippen LogP contribution in [0.15, 0.2) is 34.9 Å². The predicted molar refractivity (Wildman–Crippen MR) is 162 cm³/mol. The second kappa shape index (κ2) is 10.3. The number of ether oxygens (including phenoxy) is 2. The van der Waals surface area contributed by atoms with Gasteiger partial charge >= 0.3 is 0 Å². The van der Waals surface area contributed by atoms with E-state index in [9.17, 15) is 4.79 Å². The minimum Gasteiger partial charge on any atom is -0.494 e. The number of thiazole rings is 1. The molecule has 41 heavy (non-hydrogen) atoms. The molecule has 3 heterocycles. The van der Waals surface area contributed by atoms with E-state index in [2.05, 4.69) is 17.0 Å². The second-order valence-corrected chi connectivity index (χ2v) is 13.7. The number of fused-ring (bicyclic) bond motifs is 1. The molecule has 0 unspecified atom stereocenters. The zero-order valence-electron chi connectivity index (χ0n) is 23.2. The van der Waals surface area contributed by atoms with Crippen LogP contribution in [0.3, 0.4) is 0 Å². The van der Waals surface area contributed by atoms with Gasteiger partial charge in [0.15, 0.2) is 10.9 Å². The second-order valence-electron chi connectivity index (χ2n) is 11.8. The van der Waals surface area contributed by atoms with Gasteiger partial charge in [-0.25, -0.2) is 4.98 Å². The molecule has 0 bridgehead atoms. The van der Waals surface area contributed by atoms with Crippen molar-refractivity contribution >= 4 is 55.7 Å². The van der Waals surface area contributed by atoms with E-state index in [-0.39, 0.29) is 17.3 Å². The minimum absolute atomic E-state index is 0.0201. The van der Waals surface area contributed by atoms with Crippen molar-refractivity contribution in [1.82, 2.24) is 10.1 Å². The first kappa shape index (κ1) is 27.2. The molecule has 7 nitrogen and oxygen atoms in total. The summed E-state index contributed by atoms with van der Waals surface area (Å²) in [7, 11) is 1.62. The summed E-state index contributed by atoms with van der Waals surface area (Å²) in [5, 5.41) is 6.49. The van der Waals surface area contributed by atoms with Gasteiger partial charge in [0.25, 0.3) is 0 Å². The van der Waals surface area contributed by atoms with Gasteiger partial charge in [0.1, 0.15) is 22.7 Å². The number of halogens is 2. The van der Waals surface area contributed by atoms with Gasteiger partial charge in [-0.3, -0.25) is 4.79 Å². The van der Waals surface area contributed by atoms with Crippen LogP contribution < -0.4 is 9.64 Å². The Balaban J connectivity index is 1.06. The predicted octanol–water partition coefficient (Wildman–Crippen LogP) is 8.31. The number of aromatic nitrogens is 2. The highest BCUT2D eigenvalue weighted by atomic mass is 35.5. The van der Waals surface area contributed by atoms with Crippen molar-refractivity contribution in [1.29, 1.82) is 0 Å². The van der Waals surface area contributed by atoms with Crippen LogP contribution in [-0.4, -0.2) is 41.7 Å². The smallest absolute Gasteiger partial charge is 0.186 e. The Labute approximate surface area is 252 Å². The average molecular weight is 613 g/mol. The fraction of sp³-hybridized carbons (Fsp3) is 0.452. The lowest BCUT2D eigenvalue weighted by molar-refractivity contribution is -0.0805. The standard InChI is InChI=1S/C31H31Cl2N3O4S/c1-16-11-31(15-36(16)30-34-28-24(38-3)9-19(17(2)37)10-25(28)41-30)12-20(13-31)39-14-21-27(35-40-29(21)18-7-8-18)26-22(32)5-4-6-23(26)33/h4-6,9-10,16,18,20H,7-8,11-15H2,1-3H3/t16-,20?,31?/m1/s1. The van der Waals surface area contributed by atoms with Crippen LogP contribution in [0.1, 0.15) is 73.6 Å². The molecule has 10 heteroatoms. The lowest BCUT2D eigenvalue weighted by Crippen LogP contribution is -2.44. The summed E-state index contributed by atoms with van der Waals surface area (Å²) in [6.07, 6.45) is 5.48. The topological polar surface area (TPSA) is 77.7 Å². The summed E-state index contributed by atoms with van der Waals surface area (Å²) in [4.78, 5) is 19.4. The Morgan fingerprint density at radius 1 is 1.20 bits per heavy atom. The fourth-order valence-electron chi connectivity index (χ4n) is 6.61. The number of anilines is 1. The largest absolute Gasteiger partial charge is 0.494 e. The van der Waals surface area contributed by atoms with Crippen molar-refractivity contribution in [3.8, 4) is 17.0 Å². The zero-order valence-corrected chi connectivity index (χ0v) is 25.5. The van der Waals surface area contributed by atoms with Gasteiger partial charge in [-0.2, -0.15) is 0 Å². The highest BCUT2D eigenvalue weighted by molar-refractivity contribution is 7.22. The number of hydrogen-bond donors (Lipinski definition) is 0. The van der Waals surface area contributed by atoms with Crippen molar-refractivity contribution in [3.63, 3.8) is 0 Å². The van der Waals surface area contributed by atoms with Crippen molar-refractivity contribution < 1.29 is 18.8 Å². The third-order valence-corrected chi connectivity index (χ3v) is 10.5. The normalized spacial score (nSPS) is 23.9. The molecule has 0 radical (unpaired) electrons. The van der Waals surface area contributed by atoms with Crippen LogP contribution >= 0.6 is 34.5 Å². The first-order valence-electron chi connectivity index (χ1n) is 14.1. The van der Waals surface area contributed by atoms with Gasteiger partial charge in [0.05, 0.1) is 34.6 Å². The molecule has 2 aromatic heterocycles. The molecule has 2 aromatic carbocycles. The van der Waals surface area contributed by atoms with Crippen LogP contribution in [0.25, 0.3) is 21.5 Å². The monoisotopic (exact) mass is 611 g/mol. The van der Waals surface area contributed by atoms with E-state index in [1.54, 1.807) is 31.4 Å². The van der Waals surface area contributed by atoms with Crippen LogP contribution in [0, 0.1) is 5.41 Å². The highest BCUT2D eigenvalue weighted by Crippen LogP contribution is 2.54. The lowest BCUT2D eigenvalue weighted by Gasteiger charge is -2.44. The Bertz CT molecular complexity index is 1640. The molecule has 0 amide bonds. The molecule has 0 N–H and O–H groups in total. The van der Waals surface area contributed by atoms with E-state index >= 15 is 0 Å². The molecule has 4 aromatic rings. The number of carbonyl (C=O) groups excluding carboxylic acids is 1. The molecule has 2 saturated carbocycles. The molecule has 1 aliphatic heterocycles. The Hall–Kier alpha value is -2.65. The summed E-state index contributed by atoms with van der Waals surface area (Å²) < 4.78 is 18.9. The Morgan fingerprint density at radius 2 is 1.95 bits per heavy atom. The van der Waals surface area contributed by atoms with Crippen LogP contribution in [0.4, 0.5) is 5.13 Å². The van der Waals surface area contributed by atoms with Crippen molar-refractivity contribution in [2.24, 2.45) is 5.41 Å². The summed E-state index contributed by atoms with van der Waals surface area (Å²) in [6, 6.07) is 9.56. The fourth-order valence-corrected chi connectivity index (χ4v) is 8.31. The third kappa shape index (κ3) is 4.83. The maximum atomic E-state index is 12.0. The highest BCUT2D eigenvalue weighted by Gasteiger charge is 2.52. The van der Waals surface area contributed by atoms with E-state index in [1.807, 2.05) is 24.3 Å². The molecule has 7 rings (SSSR count). The van der Waals surface area contributed by atoms with Crippen LogP contribution in [0.2, 0.25) is 10.0 Å². The maximum Gasteiger partial charge on any atom is 0.186 e. The number of ketones is 1. The number of Topliss-reactive ketones (excluding diaryl/α,β-unsaturated/α-hetero) is 1. The van der Waals surface area contributed by atoms with E-state index in [0.717, 1.165) is 65.3 Å². The first-order valence-corrected chi connectivity index (χ1v) is 15.6. The van der Waals surface area contributed by atoms with Crippen LogP contribution in [0.5, 0.6) is 5.75 Å². The van der Waals surface area contributed by atoms with E-state index in [0.29, 0.717) is 51.2 Å². The Morgan fingerprint density at radius 3 is 2.63 bits per heavy atom. The minimum atomic E-state index is 0.0201. The van der Waals surface area contributed by atoms with Crippen molar-refractivity contribution in [2.45, 2.75) is 70.6 Å². The molecule has 214 valence electrons. The SMILES string of the molecule is COc1cc(C(C)=O)cc2sc(N3CC4(CC(OCc5c(-c6c(Cl)cccc6Cl)noc5C5CC5)C4)C[C@H]3C)nc12. The molecule has 2 aliphatic carbocycles. The zero-order chi connectivity index (χ0) is 28.5. The third-order valence-electron chi connectivity index (χ3n) is 8.84. The summed E-state index contributed by atoms with van der Waals surface area (Å²) in [5.74, 6) is 1.97. The van der Waals surface area contributed by atoms with E-state index in [1.165, 1.54) is 0 Å². The number of nitrogens with zero attached hydrogens (tertiary/aromatic N) is 3. The molecular weight excluding hydrogens is 581 g/mol. The number of methoxy groups -OCH3 is 1. The number of rotatable bonds is 8. The number of benzene rings is 2. The molecule has 3 aliphatic rings. The van der Waals surface area contributed by atoms with Gasteiger partial charge in [-0.05, 0) is 75.6 Å². The average Bonchev–Trinajstić information content (AvgIpc) is 3.38. The van der Waals surface area contributed by atoms with E-state index < -0.39 is 0 Å². The van der Waals surface area contributed by atoms with E-state index in [4.69, 9.17) is 42.2 Å². The van der Waals surface area contributed by atoms with Crippen molar-refractivity contribution in [2.75, 3.05) is 18.6 Å². The molecule has 3 fully saturated rings. The van der Waals surface area contributed by atoms with Gasteiger partial charge < -0.3 is 18.9 Å². The van der Waals surface area contributed by atoms with Gasteiger partial charge in [0, 0.05) is 35.2 Å². The molecule has 1 spiro atoms. The Kier molecular flexibility index (Phi) is 6.81. The number of hydrogen-bond acceptors (Lipinski definition) is 8. The van der Waals surface area contributed by atoms with Gasteiger partial charge in [0.2, 0.25) is 0 Å². The summed E-state index contributed by atoms with van der Waals surface area (Å²) >= 11 is 14.7. The molecule has 1 atom stereocenters. The first-order chi connectivity index (χ1) is 19.7. The summed E-state index contributed by atoms with van der Waals surface area (Å²) in [5.41, 5.74) is 4.04. The lowest BCUT2D eigenvalue weighted by atomic mass is 9.65. The molecule has 1 saturated heterocycles.